The number of ether oxygens (including phenoxy) is 2. The van der Waals surface area contributed by atoms with Crippen molar-refractivity contribution >= 4 is 16.9 Å². The summed E-state index contributed by atoms with van der Waals surface area (Å²) in [6.07, 6.45) is 0. The fourth-order valence-electron chi connectivity index (χ4n) is 3.53. The molecular formula is C24H23N3O3. The summed E-state index contributed by atoms with van der Waals surface area (Å²) in [5, 5.41) is 2.97. The van der Waals surface area contributed by atoms with E-state index in [4.69, 9.17) is 14.5 Å². The Labute approximate surface area is 175 Å². The average molecular weight is 401 g/mol. The molecule has 3 aromatic carbocycles. The Morgan fingerprint density at radius 2 is 1.57 bits per heavy atom. The summed E-state index contributed by atoms with van der Waals surface area (Å²) in [6.45, 7) is 0.880. The molecule has 0 bridgehead atoms. The maximum Gasteiger partial charge on any atom is 0.255 e. The predicted octanol–water partition coefficient (Wildman–Crippen LogP) is 4.03. The van der Waals surface area contributed by atoms with Gasteiger partial charge in [-0.3, -0.25) is 4.79 Å². The van der Waals surface area contributed by atoms with Crippen LogP contribution < -0.4 is 14.8 Å². The highest BCUT2D eigenvalue weighted by atomic mass is 16.5. The molecular weight excluding hydrogens is 378 g/mol. The lowest BCUT2D eigenvalue weighted by atomic mass is 10.2. The van der Waals surface area contributed by atoms with Crippen LogP contribution >= 0.6 is 0 Å². The van der Waals surface area contributed by atoms with Crippen molar-refractivity contribution in [2.75, 3.05) is 14.2 Å². The molecule has 0 spiro atoms. The Hall–Kier alpha value is -3.80. The first-order valence-corrected chi connectivity index (χ1v) is 9.68. The molecule has 1 N–H and O–H groups in total. The molecule has 0 unspecified atom stereocenters. The summed E-state index contributed by atoms with van der Waals surface area (Å²) >= 11 is 0. The number of hydrogen-bond donors (Lipinski definition) is 1. The summed E-state index contributed by atoms with van der Waals surface area (Å²) in [7, 11) is 3.22. The van der Waals surface area contributed by atoms with Crippen molar-refractivity contribution < 1.29 is 14.3 Å². The van der Waals surface area contributed by atoms with Crippen molar-refractivity contribution in [3.63, 3.8) is 0 Å². The number of rotatable bonds is 7. The van der Waals surface area contributed by atoms with Gasteiger partial charge in [0.1, 0.15) is 17.3 Å². The van der Waals surface area contributed by atoms with E-state index in [1.54, 1.807) is 26.4 Å². The second kappa shape index (κ2) is 8.69. The van der Waals surface area contributed by atoms with Gasteiger partial charge < -0.3 is 19.4 Å². The van der Waals surface area contributed by atoms with E-state index in [-0.39, 0.29) is 5.91 Å². The first kappa shape index (κ1) is 19.5. The Kier molecular flexibility index (Phi) is 5.66. The van der Waals surface area contributed by atoms with E-state index in [2.05, 4.69) is 9.88 Å². The van der Waals surface area contributed by atoms with E-state index in [0.29, 0.717) is 24.4 Å². The predicted molar refractivity (Wildman–Crippen MR) is 116 cm³/mol. The van der Waals surface area contributed by atoms with E-state index in [0.717, 1.165) is 28.2 Å². The fraction of sp³-hybridized carbons (Fsp3) is 0.167. The molecule has 0 fully saturated rings. The van der Waals surface area contributed by atoms with Crippen LogP contribution in [0.1, 0.15) is 21.7 Å². The lowest BCUT2D eigenvalue weighted by Gasteiger charge is -2.13. The van der Waals surface area contributed by atoms with E-state index in [1.807, 2.05) is 60.7 Å². The minimum atomic E-state index is -0.205. The third-order valence-corrected chi connectivity index (χ3v) is 5.01. The SMILES string of the molecule is COc1ccccc1Cn1c(CNC(=O)c2ccccc2OC)nc2ccccc21. The monoisotopic (exact) mass is 401 g/mol. The number of carbonyl (C=O) groups is 1. The van der Waals surface area contributed by atoms with Crippen molar-refractivity contribution in [3.05, 3.63) is 89.7 Å². The molecule has 4 aromatic rings. The smallest absolute Gasteiger partial charge is 0.255 e. The Bertz CT molecular complexity index is 1180. The molecule has 6 heteroatoms. The number of imidazole rings is 1. The van der Waals surface area contributed by atoms with E-state index >= 15 is 0 Å². The summed E-state index contributed by atoms with van der Waals surface area (Å²) in [5.41, 5.74) is 3.42. The van der Waals surface area contributed by atoms with E-state index in [1.165, 1.54) is 0 Å². The van der Waals surface area contributed by atoms with Crippen molar-refractivity contribution in [2.24, 2.45) is 0 Å². The molecule has 1 aromatic heterocycles. The van der Waals surface area contributed by atoms with Gasteiger partial charge in [0.15, 0.2) is 0 Å². The third-order valence-electron chi connectivity index (χ3n) is 5.01. The molecule has 0 aliphatic carbocycles. The summed E-state index contributed by atoms with van der Waals surface area (Å²) in [6, 6.07) is 23.0. The van der Waals surface area contributed by atoms with E-state index in [9.17, 15) is 4.79 Å². The van der Waals surface area contributed by atoms with Crippen LogP contribution in [0.3, 0.4) is 0 Å². The minimum absolute atomic E-state index is 0.205. The van der Waals surface area contributed by atoms with Crippen molar-refractivity contribution in [3.8, 4) is 11.5 Å². The van der Waals surface area contributed by atoms with Crippen LogP contribution in [0.5, 0.6) is 11.5 Å². The van der Waals surface area contributed by atoms with Crippen LogP contribution in [0.4, 0.5) is 0 Å². The van der Waals surface area contributed by atoms with Gasteiger partial charge in [-0.05, 0) is 30.3 Å². The number of fused-ring (bicyclic) bond motifs is 1. The number of carbonyl (C=O) groups excluding carboxylic acids is 1. The van der Waals surface area contributed by atoms with Gasteiger partial charge in [-0.15, -0.1) is 0 Å². The van der Waals surface area contributed by atoms with Crippen LogP contribution in [0, 0.1) is 0 Å². The van der Waals surface area contributed by atoms with Gasteiger partial charge in [0, 0.05) is 5.56 Å². The number of benzene rings is 3. The Morgan fingerprint density at radius 1 is 0.900 bits per heavy atom. The summed E-state index contributed by atoms with van der Waals surface area (Å²) in [5.74, 6) is 1.92. The van der Waals surface area contributed by atoms with Crippen LogP contribution in [0.15, 0.2) is 72.8 Å². The van der Waals surface area contributed by atoms with Gasteiger partial charge >= 0.3 is 0 Å². The van der Waals surface area contributed by atoms with Gasteiger partial charge in [0.05, 0.1) is 43.9 Å². The first-order chi connectivity index (χ1) is 14.7. The molecule has 0 atom stereocenters. The second-order valence-corrected chi connectivity index (χ2v) is 6.80. The number of methoxy groups -OCH3 is 2. The van der Waals surface area contributed by atoms with Crippen molar-refractivity contribution in [1.29, 1.82) is 0 Å². The number of hydrogen-bond acceptors (Lipinski definition) is 4. The van der Waals surface area contributed by atoms with Gasteiger partial charge in [-0.2, -0.15) is 0 Å². The normalized spacial score (nSPS) is 10.7. The van der Waals surface area contributed by atoms with Crippen LogP contribution in [-0.4, -0.2) is 29.7 Å². The largest absolute Gasteiger partial charge is 0.496 e. The van der Waals surface area contributed by atoms with Gasteiger partial charge in [0.2, 0.25) is 0 Å². The van der Waals surface area contributed by atoms with Crippen LogP contribution in [0.25, 0.3) is 11.0 Å². The van der Waals surface area contributed by atoms with Gasteiger partial charge in [0.25, 0.3) is 5.91 Å². The molecule has 0 aliphatic heterocycles. The topological polar surface area (TPSA) is 65.4 Å². The first-order valence-electron chi connectivity index (χ1n) is 9.68. The molecule has 0 aliphatic rings. The second-order valence-electron chi connectivity index (χ2n) is 6.80. The summed E-state index contributed by atoms with van der Waals surface area (Å²) in [4.78, 5) is 17.5. The molecule has 1 heterocycles. The molecule has 0 saturated carbocycles. The Balaban J connectivity index is 1.64. The fourth-order valence-corrected chi connectivity index (χ4v) is 3.53. The minimum Gasteiger partial charge on any atom is -0.496 e. The van der Waals surface area contributed by atoms with E-state index < -0.39 is 0 Å². The number of nitrogens with zero attached hydrogens (tertiary/aromatic N) is 2. The molecule has 4 rings (SSSR count). The van der Waals surface area contributed by atoms with Crippen molar-refractivity contribution in [1.82, 2.24) is 14.9 Å². The highest BCUT2D eigenvalue weighted by molar-refractivity contribution is 5.96. The number of amides is 1. The van der Waals surface area contributed by atoms with Crippen LogP contribution in [-0.2, 0) is 13.1 Å². The zero-order chi connectivity index (χ0) is 20.9. The number of nitrogens with one attached hydrogen (secondary N) is 1. The maximum atomic E-state index is 12.7. The highest BCUT2D eigenvalue weighted by Crippen LogP contribution is 2.23. The molecule has 6 nitrogen and oxygen atoms in total. The zero-order valence-corrected chi connectivity index (χ0v) is 17.0. The maximum absolute atomic E-state index is 12.7. The summed E-state index contributed by atoms with van der Waals surface area (Å²) < 4.78 is 12.9. The van der Waals surface area contributed by atoms with Crippen LogP contribution in [0.2, 0.25) is 0 Å². The average Bonchev–Trinajstić information content (AvgIpc) is 3.15. The standard InChI is InChI=1S/C24H23N3O3/c1-29-21-13-7-3-9-17(21)16-27-20-12-6-5-11-19(20)26-23(27)15-25-24(28)18-10-4-8-14-22(18)30-2/h3-14H,15-16H2,1-2H3,(H,25,28). The van der Waals surface area contributed by atoms with Crippen molar-refractivity contribution in [2.45, 2.75) is 13.1 Å². The molecule has 0 saturated heterocycles. The Morgan fingerprint density at radius 3 is 2.37 bits per heavy atom. The molecule has 0 radical (unpaired) electrons. The highest BCUT2D eigenvalue weighted by Gasteiger charge is 2.16. The lowest BCUT2D eigenvalue weighted by molar-refractivity contribution is 0.0946. The molecule has 1 amide bonds. The quantitative estimate of drug-likeness (QED) is 0.508. The zero-order valence-electron chi connectivity index (χ0n) is 17.0. The van der Waals surface area contributed by atoms with Gasteiger partial charge in [-0.25, -0.2) is 4.98 Å². The third kappa shape index (κ3) is 3.85. The van der Waals surface area contributed by atoms with Gasteiger partial charge in [-0.1, -0.05) is 42.5 Å². The molecule has 152 valence electrons. The lowest BCUT2D eigenvalue weighted by Crippen LogP contribution is -2.25. The number of para-hydroxylation sites is 4. The number of aromatic nitrogens is 2. The molecule has 30 heavy (non-hydrogen) atoms.